The Balaban J connectivity index is 1.51. The number of benzene rings is 2. The van der Waals surface area contributed by atoms with E-state index in [1.807, 2.05) is 67.8 Å². The molecule has 0 radical (unpaired) electrons. The van der Waals surface area contributed by atoms with E-state index in [1.165, 1.54) is 0 Å². The summed E-state index contributed by atoms with van der Waals surface area (Å²) < 4.78 is 11.4. The Morgan fingerprint density at radius 2 is 1.75 bits per heavy atom. The molecule has 2 fully saturated rings. The molecule has 3 aliphatic rings. The van der Waals surface area contributed by atoms with Crippen molar-refractivity contribution in [3.63, 3.8) is 0 Å². The van der Waals surface area contributed by atoms with Crippen molar-refractivity contribution in [3.05, 3.63) is 59.2 Å². The summed E-state index contributed by atoms with van der Waals surface area (Å²) in [4.78, 5) is 30.3. The molecule has 0 saturated carbocycles. The Bertz CT molecular complexity index is 1120. The Kier molecular flexibility index (Phi) is 6.58. The molecule has 5 rings (SSSR count). The highest BCUT2D eigenvalue weighted by Gasteiger charge is 2.47. The lowest BCUT2D eigenvalue weighted by atomic mass is 9.79. The molecular weight excluding hydrogens is 454 g/mol. The van der Waals surface area contributed by atoms with Crippen molar-refractivity contribution in [3.8, 4) is 5.75 Å². The fourth-order valence-electron chi connectivity index (χ4n) is 5.81. The maximum atomic E-state index is 13.3. The Labute approximate surface area is 213 Å². The van der Waals surface area contributed by atoms with Gasteiger partial charge in [-0.1, -0.05) is 12.1 Å². The summed E-state index contributed by atoms with van der Waals surface area (Å²) in [6.45, 7) is 10.5. The average Bonchev–Trinajstić information content (AvgIpc) is 3.53. The Morgan fingerprint density at radius 1 is 1.03 bits per heavy atom. The van der Waals surface area contributed by atoms with E-state index in [1.54, 1.807) is 0 Å². The van der Waals surface area contributed by atoms with Crippen LogP contribution in [-0.2, 0) is 4.74 Å². The van der Waals surface area contributed by atoms with Gasteiger partial charge in [0.2, 0.25) is 0 Å². The largest absolute Gasteiger partial charge is 0.494 e. The molecule has 0 bridgehead atoms. The molecule has 1 N–H and O–H groups in total. The molecule has 0 aromatic heterocycles. The fraction of sp³-hybridized carbons (Fsp3) is 0.517. The number of amides is 2. The minimum atomic E-state index is -0.576. The number of nitrogens with zero attached hydrogens (tertiary/aromatic N) is 2. The molecule has 2 amide bonds. The summed E-state index contributed by atoms with van der Waals surface area (Å²) in [5.74, 6) is 1.07. The Hall–Kier alpha value is -3.22. The predicted molar refractivity (Wildman–Crippen MR) is 139 cm³/mol. The highest BCUT2D eigenvalue weighted by molar-refractivity contribution is 5.95. The average molecular weight is 492 g/mol. The second kappa shape index (κ2) is 9.68. The first-order chi connectivity index (χ1) is 17.2. The second-order valence-corrected chi connectivity index (χ2v) is 11.0. The van der Waals surface area contributed by atoms with E-state index in [9.17, 15) is 9.59 Å². The van der Waals surface area contributed by atoms with Gasteiger partial charge in [-0.3, -0.25) is 4.79 Å². The number of likely N-dealkylation sites (tertiary alicyclic amines) is 2. The smallest absolute Gasteiger partial charge is 0.410 e. The monoisotopic (exact) mass is 491 g/mol. The topological polar surface area (TPSA) is 71.1 Å². The summed E-state index contributed by atoms with van der Waals surface area (Å²) in [6, 6.07) is 14.0. The molecule has 3 heterocycles. The molecule has 192 valence electrons. The lowest BCUT2D eigenvalue weighted by Crippen LogP contribution is -2.40. The molecular formula is C29H37N3O4. The van der Waals surface area contributed by atoms with Gasteiger partial charge < -0.3 is 24.6 Å². The summed E-state index contributed by atoms with van der Waals surface area (Å²) in [6.07, 6.45) is 2.65. The molecule has 0 spiro atoms. The van der Waals surface area contributed by atoms with Crippen molar-refractivity contribution in [2.24, 2.45) is 5.92 Å². The van der Waals surface area contributed by atoms with Gasteiger partial charge in [0, 0.05) is 36.8 Å². The highest BCUT2D eigenvalue weighted by atomic mass is 16.6. The van der Waals surface area contributed by atoms with Crippen molar-refractivity contribution in [2.75, 3.05) is 31.6 Å². The van der Waals surface area contributed by atoms with Crippen LogP contribution >= 0.6 is 0 Å². The number of carbonyl (C=O) groups excluding carboxylic acids is 2. The highest BCUT2D eigenvalue weighted by Crippen LogP contribution is 2.52. The molecule has 0 aliphatic carbocycles. The SMILES string of the molecule is CCOc1ccc(C2Nc3ccc(C(=O)N4CCCC4)cc3[C@@H]3[C@H]2CCN3C(=O)OC(C)(C)C)cc1. The van der Waals surface area contributed by atoms with Crippen LogP contribution in [-0.4, -0.2) is 53.6 Å². The third kappa shape index (κ3) is 4.75. The molecule has 36 heavy (non-hydrogen) atoms. The van der Waals surface area contributed by atoms with Crippen LogP contribution < -0.4 is 10.1 Å². The zero-order valence-corrected chi connectivity index (χ0v) is 21.8. The second-order valence-electron chi connectivity index (χ2n) is 11.0. The lowest BCUT2D eigenvalue weighted by Gasteiger charge is -2.40. The first-order valence-electron chi connectivity index (χ1n) is 13.2. The normalized spacial score (nSPS) is 23.1. The Morgan fingerprint density at radius 3 is 2.42 bits per heavy atom. The molecule has 2 aromatic carbocycles. The van der Waals surface area contributed by atoms with E-state index in [4.69, 9.17) is 9.47 Å². The number of hydrogen-bond donors (Lipinski definition) is 1. The van der Waals surface area contributed by atoms with Gasteiger partial charge >= 0.3 is 6.09 Å². The van der Waals surface area contributed by atoms with Crippen LogP contribution in [0.3, 0.4) is 0 Å². The quantitative estimate of drug-likeness (QED) is 0.587. The van der Waals surface area contributed by atoms with Gasteiger partial charge in [0.15, 0.2) is 0 Å². The zero-order chi connectivity index (χ0) is 25.4. The van der Waals surface area contributed by atoms with Crippen molar-refractivity contribution < 1.29 is 19.1 Å². The number of carbonyl (C=O) groups is 2. The number of ether oxygens (including phenoxy) is 2. The lowest BCUT2D eigenvalue weighted by molar-refractivity contribution is 0.0198. The maximum absolute atomic E-state index is 13.3. The summed E-state index contributed by atoms with van der Waals surface area (Å²) in [5.41, 5.74) is 3.22. The van der Waals surface area contributed by atoms with Gasteiger partial charge in [-0.15, -0.1) is 0 Å². The first kappa shape index (κ1) is 24.5. The van der Waals surface area contributed by atoms with Gasteiger partial charge in [-0.25, -0.2) is 4.79 Å². The number of anilines is 1. The van der Waals surface area contributed by atoms with Crippen molar-refractivity contribution in [1.29, 1.82) is 0 Å². The van der Waals surface area contributed by atoms with Crippen LogP contribution in [0, 0.1) is 5.92 Å². The van der Waals surface area contributed by atoms with Gasteiger partial charge in [-0.05, 0) is 88.4 Å². The molecule has 3 aliphatic heterocycles. The molecule has 7 nitrogen and oxygen atoms in total. The standard InChI is InChI=1S/C29H37N3O4/c1-5-35-21-11-8-19(9-12-21)25-22-14-17-32(28(34)36-29(2,3)4)26(22)23-18-20(10-13-24(23)30-25)27(33)31-15-6-7-16-31/h8-13,18,22,25-26,30H,5-7,14-17H2,1-4H3/t22-,25?,26-/m0/s1. The van der Waals surface area contributed by atoms with Gasteiger partial charge in [0.1, 0.15) is 11.4 Å². The van der Waals surface area contributed by atoms with Crippen molar-refractivity contribution >= 4 is 17.7 Å². The summed E-state index contributed by atoms with van der Waals surface area (Å²) in [5, 5.41) is 3.74. The van der Waals surface area contributed by atoms with E-state index in [2.05, 4.69) is 17.4 Å². The van der Waals surface area contributed by atoms with E-state index < -0.39 is 5.60 Å². The van der Waals surface area contributed by atoms with E-state index in [-0.39, 0.29) is 30.0 Å². The third-order valence-electron chi connectivity index (χ3n) is 7.37. The molecule has 7 heteroatoms. The van der Waals surface area contributed by atoms with Crippen LogP contribution in [0.4, 0.5) is 10.5 Å². The van der Waals surface area contributed by atoms with Crippen LogP contribution in [0.1, 0.15) is 80.5 Å². The van der Waals surface area contributed by atoms with E-state index in [0.29, 0.717) is 18.7 Å². The predicted octanol–water partition coefficient (Wildman–Crippen LogP) is 5.79. The number of hydrogen-bond acceptors (Lipinski definition) is 5. The number of rotatable bonds is 4. The van der Waals surface area contributed by atoms with Crippen molar-refractivity contribution in [2.45, 2.75) is 64.6 Å². The molecule has 2 aromatic rings. The van der Waals surface area contributed by atoms with Crippen molar-refractivity contribution in [1.82, 2.24) is 9.80 Å². The molecule has 3 atom stereocenters. The van der Waals surface area contributed by atoms with E-state index in [0.717, 1.165) is 54.9 Å². The maximum Gasteiger partial charge on any atom is 0.410 e. The van der Waals surface area contributed by atoms with Crippen LogP contribution in [0.15, 0.2) is 42.5 Å². The van der Waals surface area contributed by atoms with Gasteiger partial charge in [0.05, 0.1) is 18.7 Å². The molecule has 2 saturated heterocycles. The fourth-order valence-corrected chi connectivity index (χ4v) is 5.81. The minimum absolute atomic E-state index is 0.0331. The van der Waals surface area contributed by atoms with Gasteiger partial charge in [0.25, 0.3) is 5.91 Å². The van der Waals surface area contributed by atoms with Crippen LogP contribution in [0.25, 0.3) is 0 Å². The summed E-state index contributed by atoms with van der Waals surface area (Å²) in [7, 11) is 0. The van der Waals surface area contributed by atoms with Crippen LogP contribution in [0.2, 0.25) is 0 Å². The minimum Gasteiger partial charge on any atom is -0.494 e. The molecule has 1 unspecified atom stereocenters. The number of nitrogens with one attached hydrogen (secondary N) is 1. The third-order valence-corrected chi connectivity index (χ3v) is 7.37. The van der Waals surface area contributed by atoms with E-state index >= 15 is 0 Å². The van der Waals surface area contributed by atoms with Crippen LogP contribution in [0.5, 0.6) is 5.75 Å². The number of fused-ring (bicyclic) bond motifs is 3. The summed E-state index contributed by atoms with van der Waals surface area (Å²) >= 11 is 0. The van der Waals surface area contributed by atoms with Gasteiger partial charge in [-0.2, -0.15) is 0 Å². The zero-order valence-electron chi connectivity index (χ0n) is 21.8. The first-order valence-corrected chi connectivity index (χ1v) is 13.2.